The Balaban J connectivity index is 1.28. The normalized spacial score (nSPS) is 58.3. The lowest BCUT2D eigenvalue weighted by atomic mass is 9.56. The van der Waals surface area contributed by atoms with Crippen molar-refractivity contribution in [1.29, 1.82) is 0 Å². The van der Waals surface area contributed by atoms with Crippen molar-refractivity contribution >= 4 is 5.78 Å². The Hall–Kier alpha value is -0.450. The summed E-state index contributed by atoms with van der Waals surface area (Å²) in [6.07, 6.45) is 9.24. The monoisotopic (exact) mass is 415 g/mol. The van der Waals surface area contributed by atoms with Gasteiger partial charge in [0, 0.05) is 31.5 Å². The van der Waals surface area contributed by atoms with Crippen LogP contribution in [0.15, 0.2) is 0 Å². The van der Waals surface area contributed by atoms with Crippen LogP contribution in [-0.2, 0) is 4.79 Å². The largest absolute Gasteiger partial charge is 0.393 e. The van der Waals surface area contributed by atoms with Gasteiger partial charge in [-0.1, -0.05) is 6.92 Å². The van der Waals surface area contributed by atoms with E-state index in [-0.39, 0.29) is 12.0 Å². The number of rotatable bonds is 0. The van der Waals surface area contributed by atoms with E-state index >= 15 is 0 Å². The predicted molar refractivity (Wildman–Crippen MR) is 116 cm³/mol. The fraction of sp³-hybridized carbons (Fsp3) is 0.962. The van der Waals surface area contributed by atoms with E-state index in [1.165, 1.54) is 25.8 Å². The van der Waals surface area contributed by atoms with Gasteiger partial charge in [-0.15, -0.1) is 0 Å². The number of carbonyl (C=O) groups excluding carboxylic acids is 1. The zero-order chi connectivity index (χ0) is 20.8. The number of hydrogen-bond donors (Lipinski definition) is 2. The number of carbonyl (C=O) groups is 1. The van der Waals surface area contributed by atoms with Crippen molar-refractivity contribution < 1.29 is 15.0 Å². The van der Waals surface area contributed by atoms with Gasteiger partial charge in [0.25, 0.3) is 0 Å². The maximum atomic E-state index is 13.0. The first kappa shape index (κ1) is 20.2. The van der Waals surface area contributed by atoms with Crippen LogP contribution in [0.4, 0.5) is 0 Å². The summed E-state index contributed by atoms with van der Waals surface area (Å²) in [7, 11) is 0. The molecule has 0 bridgehead atoms. The molecule has 168 valence electrons. The molecule has 30 heavy (non-hydrogen) atoms. The van der Waals surface area contributed by atoms with Crippen molar-refractivity contribution in [2.75, 3.05) is 13.1 Å². The molecular formula is C26H41NO3. The average molecular weight is 416 g/mol. The molecule has 12 atom stereocenters. The van der Waals surface area contributed by atoms with Crippen LogP contribution < -0.4 is 0 Å². The molecule has 0 amide bonds. The number of hydrogen-bond acceptors (Lipinski definition) is 4. The Labute approximate surface area is 181 Å². The van der Waals surface area contributed by atoms with Crippen molar-refractivity contribution in [1.82, 2.24) is 4.90 Å². The summed E-state index contributed by atoms with van der Waals surface area (Å²) in [5.41, 5.74) is -0.560. The number of piperidine rings is 2. The van der Waals surface area contributed by atoms with Gasteiger partial charge >= 0.3 is 0 Å². The Kier molecular flexibility index (Phi) is 4.72. The number of Topliss-reactive ketones (excluding diaryl/α,β-unsaturated/α-hetero) is 1. The summed E-state index contributed by atoms with van der Waals surface area (Å²) in [4.78, 5) is 15.7. The molecule has 2 aliphatic heterocycles. The zero-order valence-corrected chi connectivity index (χ0v) is 18.9. The van der Waals surface area contributed by atoms with Crippen LogP contribution in [-0.4, -0.2) is 51.7 Å². The minimum atomic E-state index is -0.560. The molecule has 2 N–H and O–H groups in total. The molecule has 6 rings (SSSR count). The highest BCUT2D eigenvalue weighted by atomic mass is 16.3. The lowest BCUT2D eigenvalue weighted by molar-refractivity contribution is -0.175. The van der Waals surface area contributed by atoms with Gasteiger partial charge < -0.3 is 10.2 Å². The molecule has 6 aliphatic rings. The highest BCUT2D eigenvalue weighted by molar-refractivity contribution is 5.82. The van der Waals surface area contributed by atoms with E-state index in [2.05, 4.69) is 18.7 Å². The van der Waals surface area contributed by atoms with Crippen molar-refractivity contribution in [3.8, 4) is 0 Å². The number of aliphatic hydroxyl groups excluding tert-OH is 1. The Bertz CT molecular complexity index is 706. The van der Waals surface area contributed by atoms with Crippen LogP contribution >= 0.6 is 0 Å². The number of fused-ring (bicyclic) bond motifs is 8. The molecule has 0 aromatic heterocycles. The van der Waals surface area contributed by atoms with E-state index < -0.39 is 5.60 Å². The molecule has 4 nitrogen and oxygen atoms in total. The van der Waals surface area contributed by atoms with E-state index in [4.69, 9.17) is 0 Å². The Morgan fingerprint density at radius 3 is 2.47 bits per heavy atom. The summed E-state index contributed by atoms with van der Waals surface area (Å²) in [6.45, 7) is 6.85. The van der Waals surface area contributed by atoms with Crippen molar-refractivity contribution in [3.05, 3.63) is 0 Å². The standard InChI is InChI=1S/C26H41NO3/c1-14-3-8-25-26(2,30)23-7-6-16-19(22(23)13-27(25)12-14)10-18-17-5-4-15(28)9-21(17)24(29)11-20(16)18/h14-23,25,28,30H,3-13H2,1-2H3/t14-,15-,16-,17?,18-,19-,20?,21+,22?,23+,25+,26-/m1/s1. The minimum Gasteiger partial charge on any atom is -0.393 e. The summed E-state index contributed by atoms with van der Waals surface area (Å²) >= 11 is 0. The van der Waals surface area contributed by atoms with Gasteiger partial charge in [-0.3, -0.25) is 9.69 Å². The third kappa shape index (κ3) is 2.85. The van der Waals surface area contributed by atoms with E-state index in [0.717, 1.165) is 51.0 Å². The van der Waals surface area contributed by atoms with E-state index in [9.17, 15) is 15.0 Å². The Morgan fingerprint density at radius 2 is 1.63 bits per heavy atom. The summed E-state index contributed by atoms with van der Waals surface area (Å²) < 4.78 is 0. The van der Waals surface area contributed by atoms with Crippen LogP contribution in [0, 0.1) is 53.3 Å². The first-order chi connectivity index (χ1) is 14.3. The highest BCUT2D eigenvalue weighted by Crippen LogP contribution is 2.63. The molecule has 0 radical (unpaired) electrons. The maximum absolute atomic E-state index is 13.0. The van der Waals surface area contributed by atoms with Gasteiger partial charge in [-0.25, -0.2) is 0 Å². The first-order valence-electron chi connectivity index (χ1n) is 13.0. The summed E-state index contributed by atoms with van der Waals surface area (Å²) in [5, 5.41) is 21.9. The van der Waals surface area contributed by atoms with Crippen LogP contribution in [0.25, 0.3) is 0 Å². The topological polar surface area (TPSA) is 60.8 Å². The SMILES string of the molecule is C[C@@H]1CC[C@@H]2N(CC3[C@@H]4C[C@@H]5C6CC[C@@H](O)C[C@@H]6C(=O)CC5[C@@H]4CC[C@@H]3[C@@]2(C)O)C1. The highest BCUT2D eigenvalue weighted by Gasteiger charge is 2.61. The second-order valence-electron chi connectivity index (χ2n) is 12.5. The van der Waals surface area contributed by atoms with Crippen LogP contribution in [0.5, 0.6) is 0 Å². The molecule has 4 saturated carbocycles. The number of aliphatic hydroxyl groups is 2. The fourth-order valence-electron chi connectivity index (χ4n) is 9.95. The molecule has 2 saturated heterocycles. The third-order valence-corrected chi connectivity index (χ3v) is 11.1. The maximum Gasteiger partial charge on any atom is 0.136 e. The smallest absolute Gasteiger partial charge is 0.136 e. The van der Waals surface area contributed by atoms with Crippen LogP contribution in [0.2, 0.25) is 0 Å². The average Bonchev–Trinajstić information content (AvgIpc) is 3.07. The van der Waals surface area contributed by atoms with Gasteiger partial charge in [0.1, 0.15) is 5.78 Å². The van der Waals surface area contributed by atoms with Crippen LogP contribution in [0.1, 0.15) is 71.6 Å². The second-order valence-corrected chi connectivity index (χ2v) is 12.5. The van der Waals surface area contributed by atoms with E-state index in [1.807, 2.05) is 0 Å². The van der Waals surface area contributed by atoms with Gasteiger partial charge in [0.15, 0.2) is 0 Å². The third-order valence-electron chi connectivity index (χ3n) is 11.1. The van der Waals surface area contributed by atoms with Gasteiger partial charge in [-0.2, -0.15) is 0 Å². The molecule has 6 fully saturated rings. The van der Waals surface area contributed by atoms with Crippen molar-refractivity contribution in [2.45, 2.75) is 89.4 Å². The predicted octanol–water partition coefficient (Wildman–Crippen LogP) is 3.50. The van der Waals surface area contributed by atoms with E-state index in [1.54, 1.807) is 0 Å². The van der Waals surface area contributed by atoms with Gasteiger partial charge in [0.2, 0.25) is 0 Å². The molecule has 0 aromatic rings. The molecule has 3 unspecified atom stereocenters. The zero-order valence-electron chi connectivity index (χ0n) is 18.9. The number of ketones is 1. The molecule has 0 spiro atoms. The molecular weight excluding hydrogens is 374 g/mol. The Morgan fingerprint density at radius 1 is 0.867 bits per heavy atom. The summed E-state index contributed by atoms with van der Waals surface area (Å²) in [6, 6.07) is 0.348. The first-order valence-corrected chi connectivity index (χ1v) is 13.0. The van der Waals surface area contributed by atoms with Gasteiger partial charge in [0.05, 0.1) is 11.7 Å². The lowest BCUT2D eigenvalue weighted by Crippen LogP contribution is -2.67. The minimum absolute atomic E-state index is 0.132. The van der Waals surface area contributed by atoms with Crippen molar-refractivity contribution in [2.24, 2.45) is 53.3 Å². The number of nitrogens with zero attached hydrogens (tertiary/aromatic N) is 1. The van der Waals surface area contributed by atoms with Gasteiger partial charge in [-0.05, 0) is 106 Å². The molecule has 4 aliphatic carbocycles. The van der Waals surface area contributed by atoms with Crippen LogP contribution in [0.3, 0.4) is 0 Å². The van der Waals surface area contributed by atoms with Crippen molar-refractivity contribution in [3.63, 3.8) is 0 Å². The molecule has 0 aromatic carbocycles. The second kappa shape index (κ2) is 7.02. The molecule has 2 heterocycles. The lowest BCUT2D eigenvalue weighted by Gasteiger charge is -2.59. The molecule has 4 heteroatoms. The van der Waals surface area contributed by atoms with E-state index in [0.29, 0.717) is 53.3 Å². The fourth-order valence-corrected chi connectivity index (χ4v) is 9.95. The summed E-state index contributed by atoms with van der Waals surface area (Å²) in [5.74, 6) is 5.57. The quantitative estimate of drug-likeness (QED) is 0.636.